The van der Waals surface area contributed by atoms with E-state index < -0.39 is 0 Å². The van der Waals surface area contributed by atoms with E-state index >= 15 is 0 Å². The third kappa shape index (κ3) is 12.5. The fourth-order valence-corrected chi connectivity index (χ4v) is 6.05. The van der Waals surface area contributed by atoms with Gasteiger partial charge in [-0.2, -0.15) is 0 Å². The first kappa shape index (κ1) is 27.6. The Morgan fingerprint density at radius 3 is 1.12 bits per heavy atom. The third-order valence-corrected chi connectivity index (χ3v) is 8.38. The van der Waals surface area contributed by atoms with Gasteiger partial charge in [-0.15, -0.1) is 0 Å². The summed E-state index contributed by atoms with van der Waals surface area (Å²) in [6.45, 7) is 2.38. The molecule has 0 spiro atoms. The van der Waals surface area contributed by atoms with Crippen LogP contribution in [0.3, 0.4) is 0 Å². The lowest BCUT2D eigenvalue weighted by Gasteiger charge is -2.20. The van der Waals surface area contributed by atoms with E-state index in [4.69, 9.17) is 0 Å². The molecule has 2 fully saturated rings. The molecule has 2 rings (SSSR count). The first-order valence-corrected chi connectivity index (χ1v) is 14.7. The zero-order valence-corrected chi connectivity index (χ0v) is 21.5. The van der Waals surface area contributed by atoms with Crippen molar-refractivity contribution in [3.63, 3.8) is 0 Å². The summed E-state index contributed by atoms with van der Waals surface area (Å²) in [6.07, 6.45) is 28.8. The highest BCUT2D eigenvalue weighted by Crippen LogP contribution is 2.27. The number of hydrogen-bond acceptors (Lipinski definition) is 2. The minimum atomic E-state index is 0.217. The summed E-state index contributed by atoms with van der Waals surface area (Å²) in [6, 6.07) is 0. The van der Waals surface area contributed by atoms with Crippen molar-refractivity contribution in [2.75, 3.05) is 0 Å². The van der Waals surface area contributed by atoms with Gasteiger partial charge in [0.1, 0.15) is 11.6 Å². The van der Waals surface area contributed by atoms with Crippen LogP contribution in [0.15, 0.2) is 0 Å². The van der Waals surface area contributed by atoms with Gasteiger partial charge in [0, 0.05) is 24.7 Å². The van der Waals surface area contributed by atoms with Crippen molar-refractivity contribution in [1.82, 2.24) is 0 Å². The van der Waals surface area contributed by atoms with Crippen molar-refractivity contribution in [2.45, 2.75) is 161 Å². The molecule has 0 N–H and O–H groups in total. The van der Waals surface area contributed by atoms with Crippen LogP contribution >= 0.6 is 0 Å². The molecular formula is C30H54O2. The van der Waals surface area contributed by atoms with Gasteiger partial charge in [-0.3, -0.25) is 9.59 Å². The molecular weight excluding hydrogens is 392 g/mol. The molecule has 2 nitrogen and oxygen atoms in total. The van der Waals surface area contributed by atoms with E-state index in [0.29, 0.717) is 24.4 Å². The van der Waals surface area contributed by atoms with Crippen LogP contribution in [0.25, 0.3) is 0 Å². The molecule has 2 saturated carbocycles. The van der Waals surface area contributed by atoms with Crippen LogP contribution in [0.4, 0.5) is 0 Å². The van der Waals surface area contributed by atoms with Crippen molar-refractivity contribution in [3.8, 4) is 0 Å². The van der Waals surface area contributed by atoms with Gasteiger partial charge in [-0.1, -0.05) is 122 Å². The van der Waals surface area contributed by atoms with E-state index in [-0.39, 0.29) is 11.8 Å². The summed E-state index contributed by atoms with van der Waals surface area (Å²) >= 11 is 0. The monoisotopic (exact) mass is 446 g/mol. The fourth-order valence-electron chi connectivity index (χ4n) is 6.05. The Morgan fingerprint density at radius 1 is 0.438 bits per heavy atom. The van der Waals surface area contributed by atoms with Gasteiger partial charge in [0.15, 0.2) is 0 Å². The number of carbonyl (C=O) groups excluding carboxylic acids is 2. The average Bonchev–Trinajstić information content (AvgIpc) is 2.81. The molecule has 2 aliphatic carbocycles. The highest BCUT2D eigenvalue weighted by Gasteiger charge is 2.23. The van der Waals surface area contributed by atoms with Crippen LogP contribution in [-0.2, 0) is 9.59 Å². The lowest BCUT2D eigenvalue weighted by Crippen LogP contribution is -2.20. The molecule has 186 valence electrons. The predicted molar refractivity (Wildman–Crippen MR) is 137 cm³/mol. The molecule has 0 aromatic carbocycles. The Kier molecular flexibility index (Phi) is 15.3. The van der Waals surface area contributed by atoms with Gasteiger partial charge < -0.3 is 0 Å². The van der Waals surface area contributed by atoms with E-state index in [2.05, 4.69) is 6.92 Å². The third-order valence-electron chi connectivity index (χ3n) is 8.38. The van der Waals surface area contributed by atoms with Gasteiger partial charge in [-0.25, -0.2) is 0 Å². The average molecular weight is 447 g/mol. The lowest BCUT2D eigenvalue weighted by atomic mass is 9.84. The Balaban J connectivity index is 1.79. The zero-order valence-electron chi connectivity index (χ0n) is 21.5. The van der Waals surface area contributed by atoms with Gasteiger partial charge in [0.05, 0.1) is 0 Å². The van der Waals surface area contributed by atoms with Crippen molar-refractivity contribution in [2.24, 2.45) is 17.8 Å². The highest BCUT2D eigenvalue weighted by molar-refractivity contribution is 5.88. The Morgan fingerprint density at radius 2 is 0.719 bits per heavy atom. The zero-order chi connectivity index (χ0) is 22.9. The van der Waals surface area contributed by atoms with Gasteiger partial charge in [0.2, 0.25) is 0 Å². The number of ketones is 2. The maximum atomic E-state index is 13.1. The molecule has 0 aromatic rings. The van der Waals surface area contributed by atoms with Crippen molar-refractivity contribution in [1.29, 1.82) is 0 Å². The van der Waals surface area contributed by atoms with Crippen LogP contribution in [0.2, 0.25) is 0 Å². The Labute approximate surface area is 200 Å². The summed E-state index contributed by atoms with van der Waals surface area (Å²) in [5.74, 6) is 2.04. The number of hydrogen-bond donors (Lipinski definition) is 0. The number of Topliss-reactive ketones (excluding diaryl/α,β-unsaturated/α-hetero) is 2. The maximum absolute atomic E-state index is 13.1. The van der Waals surface area contributed by atoms with Crippen LogP contribution in [0, 0.1) is 17.8 Å². The van der Waals surface area contributed by atoms with Crippen LogP contribution in [-0.4, -0.2) is 11.6 Å². The minimum Gasteiger partial charge on any atom is -0.299 e. The second-order valence-electron chi connectivity index (χ2n) is 11.3. The summed E-state index contributed by atoms with van der Waals surface area (Å²) in [7, 11) is 0. The van der Waals surface area contributed by atoms with E-state index in [0.717, 1.165) is 31.6 Å². The highest BCUT2D eigenvalue weighted by atomic mass is 16.1. The van der Waals surface area contributed by atoms with E-state index in [9.17, 15) is 9.59 Å². The molecule has 0 heterocycles. The quantitative estimate of drug-likeness (QED) is 0.421. The lowest BCUT2D eigenvalue weighted by molar-refractivity contribution is -0.128. The molecule has 0 radical (unpaired) electrons. The van der Waals surface area contributed by atoms with Gasteiger partial charge in [-0.05, 0) is 31.6 Å². The summed E-state index contributed by atoms with van der Waals surface area (Å²) in [5, 5.41) is 0. The van der Waals surface area contributed by atoms with E-state index in [1.807, 2.05) is 0 Å². The first-order chi connectivity index (χ1) is 15.7. The second kappa shape index (κ2) is 17.8. The minimum absolute atomic E-state index is 0.217. The molecule has 2 atom stereocenters. The number of rotatable bonds is 5. The normalized spacial score (nSPS) is 27.0. The molecule has 0 bridgehead atoms. The van der Waals surface area contributed by atoms with Crippen LogP contribution in [0.1, 0.15) is 161 Å². The first-order valence-electron chi connectivity index (χ1n) is 14.7. The molecule has 0 aliphatic heterocycles. The maximum Gasteiger partial charge on any atom is 0.136 e. The molecule has 2 heteroatoms. The second-order valence-corrected chi connectivity index (χ2v) is 11.3. The van der Waals surface area contributed by atoms with Gasteiger partial charge >= 0.3 is 0 Å². The Bertz CT molecular complexity index is 483. The summed E-state index contributed by atoms with van der Waals surface area (Å²) in [4.78, 5) is 26.1. The topological polar surface area (TPSA) is 34.1 Å². The molecule has 2 aliphatic rings. The smallest absolute Gasteiger partial charge is 0.136 e. The largest absolute Gasteiger partial charge is 0.299 e. The molecule has 0 amide bonds. The van der Waals surface area contributed by atoms with E-state index in [1.54, 1.807) is 0 Å². The summed E-state index contributed by atoms with van der Waals surface area (Å²) < 4.78 is 0. The summed E-state index contributed by atoms with van der Waals surface area (Å²) in [5.41, 5.74) is 0. The molecule has 32 heavy (non-hydrogen) atoms. The molecule has 0 aromatic heterocycles. The SMILES string of the molecule is CC1CCCCCCCC(C(=O)CCC(=O)C2CCCCCCCCCCCC2)CCC1. The van der Waals surface area contributed by atoms with Crippen molar-refractivity contribution >= 4 is 11.6 Å². The van der Waals surface area contributed by atoms with Crippen molar-refractivity contribution < 1.29 is 9.59 Å². The van der Waals surface area contributed by atoms with Gasteiger partial charge in [0.25, 0.3) is 0 Å². The predicted octanol–water partition coefficient (Wildman–Crippen LogP) is 9.38. The molecule has 0 saturated heterocycles. The van der Waals surface area contributed by atoms with Crippen LogP contribution < -0.4 is 0 Å². The van der Waals surface area contributed by atoms with E-state index in [1.165, 1.54) is 116 Å². The Hall–Kier alpha value is -0.660. The number of carbonyl (C=O) groups is 2. The molecule has 2 unspecified atom stereocenters. The standard InChI is InChI=1S/C30H54O2/c1-26-18-13-9-8-12-16-22-28(23-17-19-26)30(32)25-24-29(31)27-20-14-10-6-4-2-3-5-7-11-15-21-27/h26-28H,2-25H2,1H3. The fraction of sp³-hybridized carbons (Fsp3) is 0.933. The van der Waals surface area contributed by atoms with Crippen LogP contribution in [0.5, 0.6) is 0 Å². The van der Waals surface area contributed by atoms with Crippen molar-refractivity contribution in [3.05, 3.63) is 0 Å².